The molecule has 1 fully saturated rings. The normalized spacial score (nSPS) is 15.2. The van der Waals surface area contributed by atoms with E-state index in [4.69, 9.17) is 0 Å². The predicted molar refractivity (Wildman–Crippen MR) is 106 cm³/mol. The minimum Gasteiger partial charge on any atom is -0.368 e. The van der Waals surface area contributed by atoms with Gasteiger partial charge in [-0.15, -0.1) is 0 Å². The Bertz CT molecular complexity index is 833. The number of hydrogen-bond acceptors (Lipinski definition) is 4. The Morgan fingerprint density at radius 2 is 1.75 bits per heavy atom. The fourth-order valence-electron chi connectivity index (χ4n) is 3.09. The van der Waals surface area contributed by atoms with E-state index < -0.39 is 0 Å². The third-order valence-electron chi connectivity index (χ3n) is 5.00. The fraction of sp³-hybridized carbons (Fsp3) is 0.381. The maximum Gasteiger partial charge on any atom is 0.255 e. The molecule has 0 saturated carbocycles. The van der Waals surface area contributed by atoms with Gasteiger partial charge in [0.15, 0.2) is 0 Å². The van der Waals surface area contributed by atoms with Crippen LogP contribution in [0, 0.1) is 5.82 Å². The van der Waals surface area contributed by atoms with Gasteiger partial charge in [0.2, 0.25) is 0 Å². The SMILES string of the molecule is CCC(C)NC(=O)c1cncc(C(=O)N2CCN(c3ccc(F)cc3)CC2)c1. The summed E-state index contributed by atoms with van der Waals surface area (Å²) in [7, 11) is 0. The Morgan fingerprint density at radius 1 is 1.11 bits per heavy atom. The van der Waals surface area contributed by atoms with Crippen LogP contribution in [0.3, 0.4) is 0 Å². The lowest BCUT2D eigenvalue weighted by Crippen LogP contribution is -2.48. The molecular weight excluding hydrogens is 359 g/mol. The minimum absolute atomic E-state index is 0.0615. The van der Waals surface area contributed by atoms with Crippen molar-refractivity contribution in [1.82, 2.24) is 15.2 Å². The van der Waals surface area contributed by atoms with Crippen LogP contribution in [0.2, 0.25) is 0 Å². The van der Waals surface area contributed by atoms with Crippen molar-refractivity contribution in [2.75, 3.05) is 31.1 Å². The molecule has 1 saturated heterocycles. The van der Waals surface area contributed by atoms with Crippen LogP contribution in [0.4, 0.5) is 10.1 Å². The van der Waals surface area contributed by atoms with Crippen molar-refractivity contribution >= 4 is 17.5 Å². The van der Waals surface area contributed by atoms with Gasteiger partial charge < -0.3 is 15.1 Å². The molecule has 1 aromatic heterocycles. The van der Waals surface area contributed by atoms with Gasteiger partial charge >= 0.3 is 0 Å². The molecule has 3 rings (SSSR count). The zero-order chi connectivity index (χ0) is 20.1. The van der Waals surface area contributed by atoms with Gasteiger partial charge in [0.25, 0.3) is 11.8 Å². The quantitative estimate of drug-likeness (QED) is 0.861. The summed E-state index contributed by atoms with van der Waals surface area (Å²) >= 11 is 0. The van der Waals surface area contributed by atoms with E-state index in [1.54, 1.807) is 23.1 Å². The average molecular weight is 384 g/mol. The van der Waals surface area contributed by atoms with Crippen molar-refractivity contribution < 1.29 is 14.0 Å². The number of aromatic nitrogens is 1. The van der Waals surface area contributed by atoms with E-state index in [2.05, 4.69) is 15.2 Å². The second-order valence-electron chi connectivity index (χ2n) is 7.00. The lowest BCUT2D eigenvalue weighted by Gasteiger charge is -2.36. The number of benzene rings is 1. The summed E-state index contributed by atoms with van der Waals surface area (Å²) in [5, 5.41) is 2.88. The topological polar surface area (TPSA) is 65.5 Å². The maximum absolute atomic E-state index is 13.1. The molecular formula is C21H25FN4O2. The Balaban J connectivity index is 1.63. The summed E-state index contributed by atoms with van der Waals surface area (Å²) in [6.45, 7) is 6.37. The molecule has 7 heteroatoms. The molecule has 148 valence electrons. The van der Waals surface area contributed by atoms with Gasteiger partial charge in [-0.2, -0.15) is 0 Å². The first kappa shape index (κ1) is 19.8. The van der Waals surface area contributed by atoms with E-state index in [1.807, 2.05) is 13.8 Å². The van der Waals surface area contributed by atoms with Gasteiger partial charge in [-0.1, -0.05) is 6.92 Å². The number of hydrogen-bond donors (Lipinski definition) is 1. The Morgan fingerprint density at radius 3 is 2.39 bits per heavy atom. The molecule has 28 heavy (non-hydrogen) atoms. The summed E-state index contributed by atoms with van der Waals surface area (Å²) in [6, 6.07) is 8.03. The molecule has 2 aromatic rings. The van der Waals surface area contributed by atoms with E-state index in [0.717, 1.165) is 12.1 Å². The van der Waals surface area contributed by atoms with Crippen molar-refractivity contribution in [3.63, 3.8) is 0 Å². The lowest BCUT2D eigenvalue weighted by atomic mass is 10.1. The van der Waals surface area contributed by atoms with Crippen LogP contribution in [0.1, 0.15) is 41.0 Å². The highest BCUT2D eigenvalue weighted by atomic mass is 19.1. The first-order valence-electron chi connectivity index (χ1n) is 9.53. The number of halogens is 1. The van der Waals surface area contributed by atoms with Gasteiger partial charge in [0, 0.05) is 50.3 Å². The molecule has 2 heterocycles. The average Bonchev–Trinajstić information content (AvgIpc) is 2.74. The third-order valence-corrected chi connectivity index (χ3v) is 5.00. The molecule has 2 amide bonds. The van der Waals surface area contributed by atoms with Crippen LogP contribution in [0.5, 0.6) is 0 Å². The first-order valence-corrected chi connectivity index (χ1v) is 9.53. The third kappa shape index (κ3) is 4.65. The van der Waals surface area contributed by atoms with Crippen molar-refractivity contribution in [2.45, 2.75) is 26.3 Å². The molecule has 1 unspecified atom stereocenters. The monoisotopic (exact) mass is 384 g/mol. The molecule has 0 aliphatic carbocycles. The van der Waals surface area contributed by atoms with Crippen LogP contribution < -0.4 is 10.2 Å². The van der Waals surface area contributed by atoms with E-state index in [9.17, 15) is 14.0 Å². The number of nitrogens with zero attached hydrogens (tertiary/aromatic N) is 3. The van der Waals surface area contributed by atoms with Gasteiger partial charge in [0.05, 0.1) is 11.1 Å². The van der Waals surface area contributed by atoms with Crippen LogP contribution >= 0.6 is 0 Å². The molecule has 0 bridgehead atoms. The smallest absolute Gasteiger partial charge is 0.255 e. The summed E-state index contributed by atoms with van der Waals surface area (Å²) in [4.78, 5) is 33.1. The van der Waals surface area contributed by atoms with E-state index in [1.165, 1.54) is 24.5 Å². The Labute approximate surface area is 164 Å². The van der Waals surface area contributed by atoms with Gasteiger partial charge in [-0.25, -0.2) is 4.39 Å². The van der Waals surface area contributed by atoms with E-state index in [-0.39, 0.29) is 23.7 Å². The van der Waals surface area contributed by atoms with Crippen molar-refractivity contribution in [2.24, 2.45) is 0 Å². The number of carbonyl (C=O) groups excluding carboxylic acids is 2. The van der Waals surface area contributed by atoms with Crippen LogP contribution in [0.15, 0.2) is 42.7 Å². The first-order chi connectivity index (χ1) is 13.5. The van der Waals surface area contributed by atoms with Gasteiger partial charge in [-0.05, 0) is 43.7 Å². The van der Waals surface area contributed by atoms with E-state index in [0.29, 0.717) is 37.3 Å². The molecule has 1 aliphatic rings. The molecule has 6 nitrogen and oxygen atoms in total. The minimum atomic E-state index is -0.262. The van der Waals surface area contributed by atoms with Gasteiger partial charge in [-0.3, -0.25) is 14.6 Å². The Hall–Kier alpha value is -2.96. The molecule has 0 spiro atoms. The molecule has 0 radical (unpaired) electrons. The van der Waals surface area contributed by atoms with Crippen LogP contribution in [-0.2, 0) is 0 Å². The zero-order valence-electron chi connectivity index (χ0n) is 16.2. The lowest BCUT2D eigenvalue weighted by molar-refractivity contribution is 0.0746. The van der Waals surface area contributed by atoms with Crippen LogP contribution in [0.25, 0.3) is 0 Å². The predicted octanol–water partition coefficient (Wildman–Crippen LogP) is 2.71. The summed E-state index contributed by atoms with van der Waals surface area (Å²) in [5.41, 5.74) is 1.74. The second-order valence-corrected chi connectivity index (χ2v) is 7.00. The molecule has 1 aliphatic heterocycles. The highest BCUT2D eigenvalue weighted by Crippen LogP contribution is 2.18. The van der Waals surface area contributed by atoms with Crippen molar-refractivity contribution in [3.8, 4) is 0 Å². The van der Waals surface area contributed by atoms with Crippen LogP contribution in [-0.4, -0.2) is 53.9 Å². The van der Waals surface area contributed by atoms with E-state index >= 15 is 0 Å². The number of pyridine rings is 1. The van der Waals surface area contributed by atoms with Crippen molar-refractivity contribution in [3.05, 3.63) is 59.7 Å². The Kier molecular flexibility index (Phi) is 6.23. The summed E-state index contributed by atoms with van der Waals surface area (Å²) < 4.78 is 13.1. The zero-order valence-corrected chi connectivity index (χ0v) is 16.2. The molecule has 1 N–H and O–H groups in total. The number of anilines is 1. The summed E-state index contributed by atoms with van der Waals surface area (Å²) in [5.74, 6) is -0.621. The standard InChI is InChI=1S/C21H25FN4O2/c1-3-15(2)24-20(27)16-12-17(14-23-13-16)21(28)26-10-8-25(9-11-26)19-6-4-18(22)5-7-19/h4-7,12-15H,3,8-11H2,1-2H3,(H,24,27). The summed E-state index contributed by atoms with van der Waals surface area (Å²) in [6.07, 6.45) is 3.80. The molecule has 1 atom stereocenters. The number of rotatable bonds is 5. The largest absolute Gasteiger partial charge is 0.368 e. The number of piperazine rings is 1. The fourth-order valence-corrected chi connectivity index (χ4v) is 3.09. The van der Waals surface area contributed by atoms with Crippen molar-refractivity contribution in [1.29, 1.82) is 0 Å². The highest BCUT2D eigenvalue weighted by Gasteiger charge is 2.23. The highest BCUT2D eigenvalue weighted by molar-refractivity contribution is 5.99. The number of amides is 2. The number of nitrogens with one attached hydrogen (secondary N) is 1. The second kappa shape index (κ2) is 8.82. The number of carbonyl (C=O) groups is 2. The molecule has 1 aromatic carbocycles. The maximum atomic E-state index is 13.1. The van der Waals surface area contributed by atoms with Gasteiger partial charge in [0.1, 0.15) is 5.82 Å².